The van der Waals surface area contributed by atoms with Gasteiger partial charge in [0.15, 0.2) is 0 Å². The third-order valence-corrected chi connectivity index (χ3v) is 4.26. The fourth-order valence-electron chi connectivity index (χ4n) is 2.42. The molecule has 2 aromatic rings. The van der Waals surface area contributed by atoms with E-state index in [-0.39, 0.29) is 5.75 Å². The van der Waals surface area contributed by atoms with Crippen molar-refractivity contribution in [2.24, 2.45) is 0 Å². The summed E-state index contributed by atoms with van der Waals surface area (Å²) in [6.45, 7) is 0.613. The third kappa shape index (κ3) is 2.76. The van der Waals surface area contributed by atoms with E-state index in [4.69, 9.17) is 9.47 Å². The van der Waals surface area contributed by atoms with Gasteiger partial charge in [-0.3, -0.25) is 0 Å². The molecule has 0 unspecified atom stereocenters. The van der Waals surface area contributed by atoms with Crippen LogP contribution in [0.1, 0.15) is 17.5 Å². The lowest BCUT2D eigenvalue weighted by Gasteiger charge is -2.13. The second kappa shape index (κ2) is 5.82. The van der Waals surface area contributed by atoms with Gasteiger partial charge in [-0.2, -0.15) is 0 Å². The van der Waals surface area contributed by atoms with Gasteiger partial charge >= 0.3 is 0 Å². The Bertz CT molecular complexity index is 690. The molecule has 0 aromatic heterocycles. The SMILES string of the molecule is COc1ccc2c(c1)OCCC(Br)=C2c1ccc(O)cc1. The lowest BCUT2D eigenvalue weighted by Crippen LogP contribution is -1.96. The highest BCUT2D eigenvalue weighted by molar-refractivity contribution is 9.11. The van der Waals surface area contributed by atoms with Crippen molar-refractivity contribution in [1.29, 1.82) is 0 Å². The van der Waals surface area contributed by atoms with Crippen LogP contribution in [-0.4, -0.2) is 18.8 Å². The molecule has 1 aliphatic rings. The van der Waals surface area contributed by atoms with Crippen LogP contribution in [0.3, 0.4) is 0 Å². The van der Waals surface area contributed by atoms with Gasteiger partial charge in [0.2, 0.25) is 0 Å². The normalized spacial score (nSPS) is 14.2. The van der Waals surface area contributed by atoms with E-state index < -0.39 is 0 Å². The van der Waals surface area contributed by atoms with E-state index in [2.05, 4.69) is 15.9 Å². The summed E-state index contributed by atoms with van der Waals surface area (Å²) in [4.78, 5) is 0. The fraction of sp³-hybridized carbons (Fsp3) is 0.176. The van der Waals surface area contributed by atoms with E-state index in [1.165, 1.54) is 0 Å². The van der Waals surface area contributed by atoms with Crippen LogP contribution in [0, 0.1) is 0 Å². The number of halogens is 1. The quantitative estimate of drug-likeness (QED) is 0.879. The molecule has 1 N–H and O–H groups in total. The lowest BCUT2D eigenvalue weighted by molar-refractivity contribution is 0.323. The molecule has 2 aromatic carbocycles. The largest absolute Gasteiger partial charge is 0.508 e. The van der Waals surface area contributed by atoms with Gasteiger partial charge < -0.3 is 14.6 Å². The van der Waals surface area contributed by atoms with Crippen molar-refractivity contribution in [1.82, 2.24) is 0 Å². The van der Waals surface area contributed by atoms with Gasteiger partial charge in [0.1, 0.15) is 17.2 Å². The Morgan fingerprint density at radius 2 is 1.90 bits per heavy atom. The Hall–Kier alpha value is -1.94. The molecule has 1 heterocycles. The summed E-state index contributed by atoms with van der Waals surface area (Å²) >= 11 is 3.67. The van der Waals surface area contributed by atoms with Gasteiger partial charge in [0.25, 0.3) is 0 Å². The van der Waals surface area contributed by atoms with E-state index in [1.807, 2.05) is 30.3 Å². The van der Waals surface area contributed by atoms with Crippen LogP contribution in [0.25, 0.3) is 5.57 Å². The van der Waals surface area contributed by atoms with Crippen molar-refractivity contribution in [3.05, 3.63) is 58.1 Å². The van der Waals surface area contributed by atoms with E-state index in [1.54, 1.807) is 19.2 Å². The molecular formula is C17H15BrO3. The van der Waals surface area contributed by atoms with Crippen molar-refractivity contribution >= 4 is 21.5 Å². The standard InChI is InChI=1S/C17H15BrO3/c1-20-13-6-7-14-16(10-13)21-9-8-15(18)17(14)11-2-4-12(19)5-3-11/h2-7,10,19H,8-9H2,1H3. The second-order valence-electron chi connectivity index (χ2n) is 4.79. The predicted molar refractivity (Wildman–Crippen MR) is 86.2 cm³/mol. The summed E-state index contributed by atoms with van der Waals surface area (Å²) in [6.07, 6.45) is 0.799. The van der Waals surface area contributed by atoms with Crippen LogP contribution < -0.4 is 9.47 Å². The molecule has 3 rings (SSSR count). The maximum Gasteiger partial charge on any atom is 0.130 e. The summed E-state index contributed by atoms with van der Waals surface area (Å²) < 4.78 is 12.2. The minimum absolute atomic E-state index is 0.260. The molecule has 108 valence electrons. The zero-order valence-electron chi connectivity index (χ0n) is 11.6. The number of ether oxygens (including phenoxy) is 2. The summed E-state index contributed by atoms with van der Waals surface area (Å²) in [7, 11) is 1.64. The van der Waals surface area contributed by atoms with Crippen LogP contribution >= 0.6 is 15.9 Å². The number of methoxy groups -OCH3 is 1. The zero-order valence-corrected chi connectivity index (χ0v) is 13.2. The first-order chi connectivity index (χ1) is 10.2. The molecule has 0 atom stereocenters. The van der Waals surface area contributed by atoms with Gasteiger partial charge in [0.05, 0.1) is 13.7 Å². The van der Waals surface area contributed by atoms with E-state index in [9.17, 15) is 5.11 Å². The first kappa shape index (κ1) is 14.0. The van der Waals surface area contributed by atoms with Gasteiger partial charge in [-0.05, 0) is 29.8 Å². The average Bonchev–Trinajstić information content (AvgIpc) is 2.66. The molecule has 0 saturated carbocycles. The highest BCUT2D eigenvalue weighted by atomic mass is 79.9. The molecule has 0 amide bonds. The Balaban J connectivity index is 2.16. The highest BCUT2D eigenvalue weighted by Gasteiger charge is 2.19. The molecule has 4 heteroatoms. The number of aromatic hydroxyl groups is 1. The summed E-state index contributed by atoms with van der Waals surface area (Å²) in [5.74, 6) is 1.85. The number of hydrogen-bond acceptors (Lipinski definition) is 3. The number of rotatable bonds is 2. The van der Waals surface area contributed by atoms with E-state index in [0.717, 1.165) is 39.1 Å². The summed E-state index contributed by atoms with van der Waals surface area (Å²) in [5.41, 5.74) is 3.15. The van der Waals surface area contributed by atoms with Crippen molar-refractivity contribution in [2.45, 2.75) is 6.42 Å². The van der Waals surface area contributed by atoms with E-state index >= 15 is 0 Å². The maximum atomic E-state index is 9.47. The van der Waals surface area contributed by atoms with Gasteiger partial charge in [-0.15, -0.1) is 0 Å². The minimum Gasteiger partial charge on any atom is -0.508 e. The minimum atomic E-state index is 0.260. The Morgan fingerprint density at radius 3 is 2.62 bits per heavy atom. The van der Waals surface area contributed by atoms with E-state index in [0.29, 0.717) is 6.61 Å². The summed E-state index contributed by atoms with van der Waals surface area (Å²) in [6, 6.07) is 13.0. The average molecular weight is 347 g/mol. The fourth-order valence-corrected chi connectivity index (χ4v) is 3.02. The van der Waals surface area contributed by atoms with Crippen LogP contribution in [0.2, 0.25) is 0 Å². The predicted octanol–water partition coefficient (Wildman–Crippen LogP) is 4.34. The maximum absolute atomic E-state index is 9.47. The highest BCUT2D eigenvalue weighted by Crippen LogP contribution is 2.40. The molecule has 0 bridgehead atoms. The number of hydrogen-bond donors (Lipinski definition) is 1. The van der Waals surface area contributed by atoms with Gasteiger partial charge in [-0.25, -0.2) is 0 Å². The van der Waals surface area contributed by atoms with Crippen LogP contribution in [0.15, 0.2) is 46.9 Å². The topological polar surface area (TPSA) is 38.7 Å². The van der Waals surface area contributed by atoms with Crippen molar-refractivity contribution in [2.75, 3.05) is 13.7 Å². The lowest BCUT2D eigenvalue weighted by atomic mass is 9.96. The molecule has 0 saturated heterocycles. The van der Waals surface area contributed by atoms with Gasteiger partial charge in [0, 0.05) is 28.1 Å². The second-order valence-corrected chi connectivity index (χ2v) is 5.74. The van der Waals surface area contributed by atoms with Crippen LogP contribution in [0.5, 0.6) is 17.2 Å². The molecule has 3 nitrogen and oxygen atoms in total. The number of benzene rings is 2. The molecule has 1 aliphatic heterocycles. The molecular weight excluding hydrogens is 332 g/mol. The van der Waals surface area contributed by atoms with Crippen LogP contribution in [0.4, 0.5) is 0 Å². The first-order valence-electron chi connectivity index (χ1n) is 6.68. The molecule has 0 spiro atoms. The van der Waals surface area contributed by atoms with Crippen LogP contribution in [-0.2, 0) is 0 Å². The van der Waals surface area contributed by atoms with Gasteiger partial charge in [-0.1, -0.05) is 28.1 Å². The number of phenolic OH excluding ortho intramolecular Hbond substituents is 1. The molecule has 21 heavy (non-hydrogen) atoms. The monoisotopic (exact) mass is 346 g/mol. The molecule has 0 radical (unpaired) electrons. The Morgan fingerprint density at radius 1 is 1.14 bits per heavy atom. The van der Waals surface area contributed by atoms with Crippen molar-refractivity contribution in [3.8, 4) is 17.2 Å². The third-order valence-electron chi connectivity index (χ3n) is 3.46. The smallest absolute Gasteiger partial charge is 0.130 e. The molecule has 0 aliphatic carbocycles. The Kier molecular flexibility index (Phi) is 3.88. The number of fused-ring (bicyclic) bond motifs is 1. The number of phenols is 1. The molecule has 0 fully saturated rings. The van der Waals surface area contributed by atoms with Crippen molar-refractivity contribution in [3.63, 3.8) is 0 Å². The summed E-state index contributed by atoms with van der Waals surface area (Å²) in [5, 5.41) is 9.47. The van der Waals surface area contributed by atoms with Crippen molar-refractivity contribution < 1.29 is 14.6 Å². The first-order valence-corrected chi connectivity index (χ1v) is 7.47. The zero-order chi connectivity index (χ0) is 14.8. The Labute approximate surface area is 132 Å².